The van der Waals surface area contributed by atoms with Crippen molar-refractivity contribution in [3.8, 4) is 22.9 Å². The van der Waals surface area contributed by atoms with Crippen molar-refractivity contribution in [2.75, 3.05) is 0 Å². The highest BCUT2D eigenvalue weighted by Gasteiger charge is 2.10. The molecule has 3 aromatic heterocycles. The maximum atomic E-state index is 5.91. The van der Waals surface area contributed by atoms with E-state index in [4.69, 9.17) is 4.74 Å². The SMILES string of the molecule is Cn1ncc2cnc(Oc3ccccc3-c3cccnc3)nc21. The van der Waals surface area contributed by atoms with Crippen molar-refractivity contribution < 1.29 is 4.74 Å². The van der Waals surface area contributed by atoms with Crippen LogP contribution in [-0.2, 0) is 7.05 Å². The number of hydrogen-bond acceptors (Lipinski definition) is 5. The summed E-state index contributed by atoms with van der Waals surface area (Å²) in [4.78, 5) is 12.8. The molecule has 4 aromatic rings. The van der Waals surface area contributed by atoms with E-state index in [9.17, 15) is 0 Å². The lowest BCUT2D eigenvalue weighted by atomic mass is 10.1. The van der Waals surface area contributed by atoms with Crippen molar-refractivity contribution in [2.24, 2.45) is 7.05 Å². The van der Waals surface area contributed by atoms with Crippen molar-refractivity contribution in [2.45, 2.75) is 0 Å². The summed E-state index contributed by atoms with van der Waals surface area (Å²) in [5.41, 5.74) is 2.65. The summed E-state index contributed by atoms with van der Waals surface area (Å²) in [6, 6.07) is 11.9. The monoisotopic (exact) mass is 303 g/mol. The Labute approximate surface area is 132 Å². The topological polar surface area (TPSA) is 65.7 Å². The van der Waals surface area contributed by atoms with Crippen LogP contribution in [0.1, 0.15) is 0 Å². The van der Waals surface area contributed by atoms with Gasteiger partial charge in [0, 0.05) is 36.8 Å². The summed E-state index contributed by atoms with van der Waals surface area (Å²) in [5.74, 6) is 0.682. The number of pyridine rings is 1. The molecule has 0 amide bonds. The van der Waals surface area contributed by atoms with Crippen LogP contribution in [0.3, 0.4) is 0 Å². The largest absolute Gasteiger partial charge is 0.424 e. The van der Waals surface area contributed by atoms with E-state index in [2.05, 4.69) is 20.1 Å². The average Bonchev–Trinajstić information content (AvgIpc) is 2.97. The highest BCUT2D eigenvalue weighted by atomic mass is 16.5. The fraction of sp³-hybridized carbons (Fsp3) is 0.0588. The lowest BCUT2D eigenvalue weighted by Crippen LogP contribution is -1.97. The minimum Gasteiger partial charge on any atom is -0.424 e. The maximum Gasteiger partial charge on any atom is 0.324 e. The van der Waals surface area contributed by atoms with Crippen molar-refractivity contribution in [1.29, 1.82) is 0 Å². The molecule has 0 fully saturated rings. The first-order chi connectivity index (χ1) is 11.3. The maximum absolute atomic E-state index is 5.91. The summed E-state index contributed by atoms with van der Waals surface area (Å²) >= 11 is 0. The summed E-state index contributed by atoms with van der Waals surface area (Å²) in [7, 11) is 1.84. The molecule has 3 heterocycles. The van der Waals surface area contributed by atoms with Gasteiger partial charge in [-0.3, -0.25) is 9.67 Å². The number of aryl methyl sites for hydroxylation is 1. The molecule has 23 heavy (non-hydrogen) atoms. The van der Waals surface area contributed by atoms with Crippen LogP contribution in [0.5, 0.6) is 11.8 Å². The van der Waals surface area contributed by atoms with Gasteiger partial charge in [-0.25, -0.2) is 4.98 Å². The zero-order valence-corrected chi connectivity index (χ0v) is 12.4. The van der Waals surface area contributed by atoms with Crippen molar-refractivity contribution in [1.82, 2.24) is 24.7 Å². The van der Waals surface area contributed by atoms with E-state index >= 15 is 0 Å². The molecule has 0 saturated heterocycles. The Hall–Kier alpha value is -3.28. The zero-order chi connectivity index (χ0) is 15.6. The van der Waals surface area contributed by atoms with Crippen LogP contribution in [0.4, 0.5) is 0 Å². The van der Waals surface area contributed by atoms with Crippen LogP contribution in [0.25, 0.3) is 22.2 Å². The second-order valence-electron chi connectivity index (χ2n) is 5.04. The lowest BCUT2D eigenvalue weighted by Gasteiger charge is -2.09. The quantitative estimate of drug-likeness (QED) is 0.581. The average molecular weight is 303 g/mol. The molecule has 0 bridgehead atoms. The van der Waals surface area contributed by atoms with E-state index in [0.717, 1.165) is 22.2 Å². The molecule has 0 atom stereocenters. The Morgan fingerprint density at radius 1 is 1.00 bits per heavy atom. The summed E-state index contributed by atoms with van der Waals surface area (Å²) in [6.07, 6.45) is 6.97. The Morgan fingerprint density at radius 3 is 2.78 bits per heavy atom. The number of para-hydroxylation sites is 1. The molecule has 0 unspecified atom stereocenters. The first-order valence-electron chi connectivity index (χ1n) is 7.13. The Kier molecular flexibility index (Phi) is 3.20. The smallest absolute Gasteiger partial charge is 0.324 e. The highest BCUT2D eigenvalue weighted by molar-refractivity contribution is 5.74. The predicted octanol–water partition coefficient (Wildman–Crippen LogP) is 3.22. The molecule has 4 rings (SSSR count). The van der Waals surface area contributed by atoms with Gasteiger partial charge in [-0.15, -0.1) is 0 Å². The summed E-state index contributed by atoms with van der Waals surface area (Å²) < 4.78 is 7.60. The van der Waals surface area contributed by atoms with Gasteiger partial charge in [0.15, 0.2) is 5.65 Å². The molecule has 0 aliphatic rings. The van der Waals surface area contributed by atoms with Crippen molar-refractivity contribution >= 4 is 11.0 Å². The van der Waals surface area contributed by atoms with Crippen LogP contribution in [0, 0.1) is 0 Å². The number of aromatic nitrogens is 5. The first kappa shape index (κ1) is 13.4. The number of nitrogens with zero attached hydrogens (tertiary/aromatic N) is 5. The van der Waals surface area contributed by atoms with E-state index in [-0.39, 0.29) is 6.01 Å². The van der Waals surface area contributed by atoms with Gasteiger partial charge in [-0.2, -0.15) is 10.1 Å². The molecule has 0 radical (unpaired) electrons. The van der Waals surface area contributed by atoms with E-state index in [0.29, 0.717) is 5.75 Å². The number of fused-ring (bicyclic) bond motifs is 1. The van der Waals surface area contributed by atoms with Crippen molar-refractivity contribution in [3.63, 3.8) is 0 Å². The molecule has 0 aliphatic heterocycles. The van der Waals surface area contributed by atoms with Gasteiger partial charge in [0.2, 0.25) is 0 Å². The van der Waals surface area contributed by atoms with E-state index in [1.54, 1.807) is 29.5 Å². The molecule has 0 saturated carbocycles. The van der Waals surface area contributed by atoms with Crippen LogP contribution in [0.15, 0.2) is 61.2 Å². The predicted molar refractivity (Wildman–Crippen MR) is 86.1 cm³/mol. The highest BCUT2D eigenvalue weighted by Crippen LogP contribution is 2.31. The third-order valence-electron chi connectivity index (χ3n) is 3.51. The normalized spacial score (nSPS) is 10.8. The zero-order valence-electron chi connectivity index (χ0n) is 12.4. The Bertz CT molecular complexity index is 965. The Balaban J connectivity index is 1.75. The fourth-order valence-corrected chi connectivity index (χ4v) is 2.38. The molecule has 6 heteroatoms. The van der Waals surface area contributed by atoms with Crippen LogP contribution in [0.2, 0.25) is 0 Å². The third kappa shape index (κ3) is 2.50. The lowest BCUT2D eigenvalue weighted by molar-refractivity contribution is 0.445. The third-order valence-corrected chi connectivity index (χ3v) is 3.51. The van der Waals surface area contributed by atoms with E-state index < -0.39 is 0 Å². The fourth-order valence-electron chi connectivity index (χ4n) is 2.38. The van der Waals surface area contributed by atoms with Gasteiger partial charge < -0.3 is 4.74 Å². The molecular formula is C17H13N5O. The van der Waals surface area contributed by atoms with Gasteiger partial charge in [0.05, 0.1) is 11.6 Å². The number of rotatable bonds is 3. The Morgan fingerprint density at radius 2 is 1.91 bits per heavy atom. The van der Waals surface area contributed by atoms with Gasteiger partial charge >= 0.3 is 6.01 Å². The summed E-state index contributed by atoms with van der Waals surface area (Å²) in [5, 5.41) is 5.03. The van der Waals surface area contributed by atoms with Crippen LogP contribution >= 0.6 is 0 Å². The summed E-state index contributed by atoms with van der Waals surface area (Å²) in [6.45, 7) is 0. The minimum absolute atomic E-state index is 0.289. The number of benzene rings is 1. The molecular weight excluding hydrogens is 290 g/mol. The standard InChI is InChI=1S/C17H13N5O/c1-22-16-13(11-20-22)10-19-17(21-16)23-15-7-3-2-6-14(15)12-5-4-8-18-9-12/h2-11H,1H3. The minimum atomic E-state index is 0.289. The number of hydrogen-bond donors (Lipinski definition) is 0. The molecule has 0 N–H and O–H groups in total. The van der Waals surface area contributed by atoms with Gasteiger partial charge in [-0.1, -0.05) is 24.3 Å². The van der Waals surface area contributed by atoms with Crippen LogP contribution < -0.4 is 4.74 Å². The number of ether oxygens (including phenoxy) is 1. The molecule has 6 nitrogen and oxygen atoms in total. The van der Waals surface area contributed by atoms with Gasteiger partial charge in [0.25, 0.3) is 0 Å². The van der Waals surface area contributed by atoms with E-state index in [1.165, 1.54) is 0 Å². The first-order valence-corrected chi connectivity index (χ1v) is 7.13. The van der Waals surface area contributed by atoms with Crippen molar-refractivity contribution in [3.05, 3.63) is 61.2 Å². The molecule has 1 aromatic carbocycles. The van der Waals surface area contributed by atoms with Gasteiger partial charge in [-0.05, 0) is 12.1 Å². The van der Waals surface area contributed by atoms with Crippen LogP contribution in [-0.4, -0.2) is 24.7 Å². The van der Waals surface area contributed by atoms with E-state index in [1.807, 2.05) is 43.4 Å². The second-order valence-corrected chi connectivity index (χ2v) is 5.04. The molecule has 112 valence electrons. The second kappa shape index (κ2) is 5.49. The molecule has 0 spiro atoms. The van der Waals surface area contributed by atoms with Gasteiger partial charge in [0.1, 0.15) is 5.75 Å². The molecule has 0 aliphatic carbocycles.